The summed E-state index contributed by atoms with van der Waals surface area (Å²) in [5.74, 6) is 0.686. The molecule has 0 amide bonds. The number of fused-ring (bicyclic) bond motifs is 1. The number of aliphatic hydroxyl groups excluding tert-OH is 2. The van der Waals surface area contributed by atoms with Gasteiger partial charge in [-0.1, -0.05) is 0 Å². The molecule has 104 valence electrons. The maximum absolute atomic E-state index is 13.3. The monoisotopic (exact) mass is 330 g/mol. The Labute approximate surface area is 119 Å². The Balaban J connectivity index is 1.91. The Morgan fingerprint density at radius 2 is 2.16 bits per heavy atom. The highest BCUT2D eigenvalue weighted by Crippen LogP contribution is 2.36. The van der Waals surface area contributed by atoms with Crippen molar-refractivity contribution >= 4 is 21.7 Å². The van der Waals surface area contributed by atoms with Gasteiger partial charge in [-0.3, -0.25) is 0 Å². The smallest absolute Gasteiger partial charge is 0.143 e. The van der Waals surface area contributed by atoms with Gasteiger partial charge in [-0.05, 0) is 46.8 Å². The third-order valence-electron chi connectivity index (χ3n) is 3.87. The van der Waals surface area contributed by atoms with Crippen LogP contribution in [-0.4, -0.2) is 40.6 Å². The van der Waals surface area contributed by atoms with E-state index in [-0.39, 0.29) is 6.54 Å². The van der Waals surface area contributed by atoms with E-state index in [4.69, 9.17) is 0 Å². The zero-order valence-corrected chi connectivity index (χ0v) is 12.0. The van der Waals surface area contributed by atoms with Gasteiger partial charge in [0.05, 0.1) is 16.3 Å². The number of aliphatic hydroxyl groups is 2. The zero-order chi connectivity index (χ0) is 13.6. The highest BCUT2D eigenvalue weighted by atomic mass is 79.9. The quantitative estimate of drug-likeness (QED) is 0.823. The second kappa shape index (κ2) is 5.00. The summed E-state index contributed by atoms with van der Waals surface area (Å²) in [4.78, 5) is 6.38. The van der Waals surface area contributed by atoms with Crippen LogP contribution in [0.25, 0.3) is 0 Å². The van der Waals surface area contributed by atoms with Gasteiger partial charge in [-0.2, -0.15) is 0 Å². The topological polar surface area (TPSA) is 56.6 Å². The van der Waals surface area contributed by atoms with Crippen LogP contribution in [0, 0.1) is 0 Å². The molecule has 3 atom stereocenters. The van der Waals surface area contributed by atoms with Gasteiger partial charge in [-0.15, -0.1) is 0 Å². The Morgan fingerprint density at radius 3 is 2.89 bits per heavy atom. The number of anilines is 1. The normalized spacial score (nSPS) is 30.5. The van der Waals surface area contributed by atoms with Crippen LogP contribution >= 0.6 is 15.9 Å². The number of aromatic nitrogens is 1. The van der Waals surface area contributed by atoms with Crippen molar-refractivity contribution in [2.75, 3.05) is 18.0 Å². The molecule has 2 aliphatic rings. The molecule has 2 heterocycles. The minimum Gasteiger partial charge on any atom is -0.388 e. The summed E-state index contributed by atoms with van der Waals surface area (Å²) in [6, 6.07) is 1.97. The highest BCUT2D eigenvalue weighted by Gasteiger charge is 2.31. The average Bonchev–Trinajstić information content (AvgIpc) is 2.73. The van der Waals surface area contributed by atoms with E-state index in [0.717, 1.165) is 22.2 Å². The van der Waals surface area contributed by atoms with Crippen LogP contribution in [0.3, 0.4) is 0 Å². The molecule has 1 fully saturated rings. The average molecular weight is 331 g/mol. The van der Waals surface area contributed by atoms with E-state index in [1.807, 2.05) is 11.0 Å². The molecule has 0 aromatic carbocycles. The Kier molecular flexibility index (Phi) is 3.49. The maximum Gasteiger partial charge on any atom is 0.143 e. The fourth-order valence-corrected chi connectivity index (χ4v) is 3.38. The third-order valence-corrected chi connectivity index (χ3v) is 4.46. The predicted octanol–water partition coefficient (Wildman–Crippen LogP) is 1.73. The van der Waals surface area contributed by atoms with Crippen molar-refractivity contribution in [3.8, 4) is 0 Å². The van der Waals surface area contributed by atoms with Crippen LogP contribution in [-0.2, 0) is 6.42 Å². The van der Waals surface area contributed by atoms with E-state index in [2.05, 4.69) is 20.9 Å². The lowest BCUT2D eigenvalue weighted by molar-refractivity contribution is 0.0642. The van der Waals surface area contributed by atoms with Crippen LogP contribution in [0.5, 0.6) is 0 Å². The number of β-amino-alcohol motifs (C(OH)–C–C–N with tert-alkyl or cyclic N) is 1. The molecule has 1 aromatic heterocycles. The minimum absolute atomic E-state index is 0.238. The van der Waals surface area contributed by atoms with Crippen molar-refractivity contribution < 1.29 is 14.6 Å². The lowest BCUT2D eigenvalue weighted by Crippen LogP contribution is -2.45. The molecule has 19 heavy (non-hydrogen) atoms. The van der Waals surface area contributed by atoms with Crippen molar-refractivity contribution in [1.29, 1.82) is 0 Å². The molecular formula is C13H16BrFN2O2. The van der Waals surface area contributed by atoms with Gasteiger partial charge in [0.15, 0.2) is 0 Å². The van der Waals surface area contributed by atoms with E-state index in [1.165, 1.54) is 0 Å². The maximum atomic E-state index is 13.3. The number of rotatable bonds is 1. The second-order valence-electron chi connectivity index (χ2n) is 5.21. The van der Waals surface area contributed by atoms with Crippen molar-refractivity contribution in [3.63, 3.8) is 0 Å². The summed E-state index contributed by atoms with van der Waals surface area (Å²) in [6.45, 7) is 0.764. The van der Waals surface area contributed by atoms with Gasteiger partial charge in [0.1, 0.15) is 18.1 Å². The largest absolute Gasteiger partial charge is 0.388 e. The second-order valence-corrected chi connectivity index (χ2v) is 6.07. The Morgan fingerprint density at radius 1 is 1.37 bits per heavy atom. The number of hydrogen-bond acceptors (Lipinski definition) is 4. The summed E-state index contributed by atoms with van der Waals surface area (Å²) in [5.41, 5.74) is 1.78. The van der Waals surface area contributed by atoms with Crippen molar-refractivity contribution in [2.24, 2.45) is 0 Å². The minimum atomic E-state index is -1.16. The standard InChI is InChI=1S/C13H16BrFN2O2/c14-8-5-7-1-2-10(18)12(7)16-13(8)17-4-3-9(15)11(19)6-17/h5,9-11,18-19H,1-4,6H2/t9-,10?,11-/m1/s1. The van der Waals surface area contributed by atoms with Crippen LogP contribution in [0.2, 0.25) is 0 Å². The van der Waals surface area contributed by atoms with E-state index >= 15 is 0 Å². The number of hydrogen-bond donors (Lipinski definition) is 2. The summed E-state index contributed by atoms with van der Waals surface area (Å²) in [7, 11) is 0. The zero-order valence-electron chi connectivity index (χ0n) is 10.4. The number of alkyl halides is 1. The van der Waals surface area contributed by atoms with Crippen molar-refractivity contribution in [1.82, 2.24) is 4.98 Å². The molecule has 1 aromatic rings. The van der Waals surface area contributed by atoms with Gasteiger partial charge in [0, 0.05) is 13.1 Å². The van der Waals surface area contributed by atoms with Crippen molar-refractivity contribution in [3.05, 3.63) is 21.8 Å². The molecule has 6 heteroatoms. The first kappa shape index (κ1) is 13.3. The fourth-order valence-electron chi connectivity index (χ4n) is 2.77. The number of pyridine rings is 1. The molecule has 1 saturated heterocycles. The summed E-state index contributed by atoms with van der Waals surface area (Å²) in [5, 5.41) is 19.5. The summed E-state index contributed by atoms with van der Waals surface area (Å²) >= 11 is 3.48. The molecule has 0 radical (unpaired) electrons. The Hall–Kier alpha value is -0.720. The van der Waals surface area contributed by atoms with Crippen LogP contribution in [0.4, 0.5) is 10.2 Å². The predicted molar refractivity (Wildman–Crippen MR) is 73.0 cm³/mol. The summed E-state index contributed by atoms with van der Waals surface area (Å²) < 4.78 is 14.1. The fraction of sp³-hybridized carbons (Fsp3) is 0.615. The molecule has 0 saturated carbocycles. The number of piperidine rings is 1. The van der Waals surface area contributed by atoms with Crippen LogP contribution in [0.15, 0.2) is 10.5 Å². The van der Waals surface area contributed by atoms with Crippen molar-refractivity contribution in [2.45, 2.75) is 37.6 Å². The molecule has 0 spiro atoms. The third kappa shape index (κ3) is 2.37. The van der Waals surface area contributed by atoms with E-state index in [0.29, 0.717) is 25.2 Å². The van der Waals surface area contributed by atoms with E-state index < -0.39 is 18.4 Å². The van der Waals surface area contributed by atoms with Gasteiger partial charge >= 0.3 is 0 Å². The Bertz CT molecular complexity index is 500. The van der Waals surface area contributed by atoms with Crippen LogP contribution in [0.1, 0.15) is 30.2 Å². The first-order chi connectivity index (χ1) is 9.06. The number of aryl methyl sites for hydroxylation is 1. The first-order valence-corrected chi connectivity index (χ1v) is 7.30. The number of halogens is 2. The SMILES string of the molecule is OC1CCc2cc(Br)c(N3CC[C@@H](F)[C@H](O)C3)nc21. The van der Waals surface area contributed by atoms with Gasteiger partial charge in [0.25, 0.3) is 0 Å². The lowest BCUT2D eigenvalue weighted by atomic mass is 10.1. The molecule has 0 bridgehead atoms. The molecule has 1 aliphatic heterocycles. The highest BCUT2D eigenvalue weighted by molar-refractivity contribution is 9.10. The number of nitrogens with zero attached hydrogens (tertiary/aromatic N) is 2. The molecular weight excluding hydrogens is 315 g/mol. The molecule has 1 unspecified atom stereocenters. The molecule has 3 rings (SSSR count). The summed E-state index contributed by atoms with van der Waals surface area (Å²) in [6.07, 6.45) is -0.805. The van der Waals surface area contributed by atoms with Crippen LogP contribution < -0.4 is 4.90 Å². The van der Waals surface area contributed by atoms with Gasteiger partial charge in [-0.25, -0.2) is 9.37 Å². The molecule has 1 aliphatic carbocycles. The van der Waals surface area contributed by atoms with Gasteiger partial charge in [0.2, 0.25) is 0 Å². The first-order valence-electron chi connectivity index (χ1n) is 6.50. The lowest BCUT2D eigenvalue weighted by Gasteiger charge is -2.34. The van der Waals surface area contributed by atoms with E-state index in [9.17, 15) is 14.6 Å². The molecule has 4 nitrogen and oxygen atoms in total. The van der Waals surface area contributed by atoms with Gasteiger partial charge < -0.3 is 15.1 Å². The molecule has 2 N–H and O–H groups in total. The van der Waals surface area contributed by atoms with E-state index in [1.54, 1.807) is 0 Å².